The smallest absolute Gasteiger partial charge is 0.323 e. The molecule has 7 nitrogen and oxygen atoms in total. The van der Waals surface area contributed by atoms with E-state index in [0.29, 0.717) is 25.6 Å². The van der Waals surface area contributed by atoms with Crippen molar-refractivity contribution in [3.05, 3.63) is 12.2 Å². The van der Waals surface area contributed by atoms with Crippen molar-refractivity contribution in [1.82, 2.24) is 19.7 Å². The number of carboxylic acids is 1. The van der Waals surface area contributed by atoms with E-state index in [0.717, 1.165) is 12.4 Å². The van der Waals surface area contributed by atoms with Crippen LogP contribution in [0.5, 0.6) is 0 Å². The Balaban J connectivity index is 2.06. The van der Waals surface area contributed by atoms with Crippen molar-refractivity contribution in [3.8, 4) is 0 Å². The van der Waals surface area contributed by atoms with Crippen LogP contribution in [0.2, 0.25) is 0 Å². The fourth-order valence-corrected chi connectivity index (χ4v) is 2.15. The van der Waals surface area contributed by atoms with Gasteiger partial charge in [0.1, 0.15) is 18.2 Å². The highest BCUT2D eigenvalue weighted by atomic mass is 16.5. The molecular formula is C12H20N4O3. The number of aromatic nitrogens is 3. The molecule has 2 heterocycles. The van der Waals surface area contributed by atoms with Gasteiger partial charge in [0.25, 0.3) is 0 Å². The first-order valence-electron chi connectivity index (χ1n) is 6.49. The van der Waals surface area contributed by atoms with Gasteiger partial charge in [-0.2, -0.15) is 5.10 Å². The van der Waals surface area contributed by atoms with Crippen molar-refractivity contribution in [1.29, 1.82) is 0 Å². The summed E-state index contributed by atoms with van der Waals surface area (Å²) < 4.78 is 7.07. The molecule has 106 valence electrons. The number of ether oxygens (including phenoxy) is 1. The van der Waals surface area contributed by atoms with Gasteiger partial charge < -0.3 is 9.84 Å². The summed E-state index contributed by atoms with van der Waals surface area (Å²) in [5.74, 6) is 0.428. The summed E-state index contributed by atoms with van der Waals surface area (Å²) in [5, 5.41) is 13.4. The number of hydrogen-bond donors (Lipinski definition) is 1. The van der Waals surface area contributed by atoms with Gasteiger partial charge in [0.15, 0.2) is 0 Å². The molecule has 0 spiro atoms. The van der Waals surface area contributed by atoms with Crippen LogP contribution in [-0.4, -0.2) is 56.5 Å². The van der Waals surface area contributed by atoms with Crippen molar-refractivity contribution < 1.29 is 14.6 Å². The first-order chi connectivity index (χ1) is 9.08. The quantitative estimate of drug-likeness (QED) is 0.823. The maximum Gasteiger partial charge on any atom is 0.323 e. The van der Waals surface area contributed by atoms with E-state index in [4.69, 9.17) is 4.74 Å². The monoisotopic (exact) mass is 268 g/mol. The Kier molecular flexibility index (Phi) is 4.49. The SMILES string of the molecule is CC(C)Cn1ncnc1CN1CCOCC1C(=O)O. The summed E-state index contributed by atoms with van der Waals surface area (Å²) in [6.45, 7) is 6.90. The molecule has 1 aromatic heterocycles. The average molecular weight is 268 g/mol. The van der Waals surface area contributed by atoms with Crippen LogP contribution < -0.4 is 0 Å². The molecule has 0 radical (unpaired) electrons. The van der Waals surface area contributed by atoms with E-state index in [1.54, 1.807) is 0 Å². The zero-order valence-electron chi connectivity index (χ0n) is 11.3. The fraction of sp³-hybridized carbons (Fsp3) is 0.750. The Morgan fingerprint density at radius 2 is 2.42 bits per heavy atom. The van der Waals surface area contributed by atoms with E-state index in [1.165, 1.54) is 6.33 Å². The third-order valence-electron chi connectivity index (χ3n) is 3.10. The van der Waals surface area contributed by atoms with E-state index >= 15 is 0 Å². The lowest BCUT2D eigenvalue weighted by molar-refractivity contribution is -0.150. The normalized spacial score (nSPS) is 20.9. The zero-order chi connectivity index (χ0) is 13.8. The number of rotatable bonds is 5. The van der Waals surface area contributed by atoms with Crippen LogP contribution in [0.3, 0.4) is 0 Å². The van der Waals surface area contributed by atoms with Gasteiger partial charge in [-0.15, -0.1) is 0 Å². The van der Waals surface area contributed by atoms with Gasteiger partial charge in [0.2, 0.25) is 0 Å². The van der Waals surface area contributed by atoms with Crippen LogP contribution in [-0.2, 0) is 22.6 Å². The summed E-state index contributed by atoms with van der Waals surface area (Å²) >= 11 is 0. The van der Waals surface area contributed by atoms with E-state index in [-0.39, 0.29) is 6.61 Å². The molecule has 0 bridgehead atoms. The van der Waals surface area contributed by atoms with Crippen molar-refractivity contribution in [2.75, 3.05) is 19.8 Å². The van der Waals surface area contributed by atoms with E-state index in [2.05, 4.69) is 23.9 Å². The Bertz CT molecular complexity index is 432. The number of carboxylic acid groups (broad SMARTS) is 1. The van der Waals surface area contributed by atoms with Crippen LogP contribution in [0.4, 0.5) is 0 Å². The second-order valence-electron chi connectivity index (χ2n) is 5.15. The molecule has 19 heavy (non-hydrogen) atoms. The molecule has 2 rings (SSSR count). The Morgan fingerprint density at radius 1 is 1.63 bits per heavy atom. The Morgan fingerprint density at radius 3 is 3.11 bits per heavy atom. The van der Waals surface area contributed by atoms with Gasteiger partial charge in [-0.3, -0.25) is 9.69 Å². The molecule has 0 saturated carbocycles. The highest BCUT2D eigenvalue weighted by Gasteiger charge is 2.30. The standard InChI is InChI=1S/C12H20N4O3/c1-9(2)5-16-11(13-8-14-16)6-15-3-4-19-7-10(15)12(17)18/h8-10H,3-7H2,1-2H3,(H,17,18). The fourth-order valence-electron chi connectivity index (χ4n) is 2.15. The first kappa shape index (κ1) is 14.0. The van der Waals surface area contributed by atoms with Gasteiger partial charge in [-0.1, -0.05) is 13.8 Å². The highest BCUT2D eigenvalue weighted by molar-refractivity contribution is 5.73. The summed E-state index contributed by atoms with van der Waals surface area (Å²) in [6, 6.07) is -0.599. The molecule has 1 aliphatic rings. The summed E-state index contributed by atoms with van der Waals surface area (Å²) in [6.07, 6.45) is 1.52. The largest absolute Gasteiger partial charge is 0.480 e. The zero-order valence-corrected chi connectivity index (χ0v) is 11.3. The molecule has 1 fully saturated rings. The molecule has 1 N–H and O–H groups in total. The average Bonchev–Trinajstić information content (AvgIpc) is 2.76. The maximum atomic E-state index is 11.2. The van der Waals surface area contributed by atoms with Crippen molar-refractivity contribution >= 4 is 5.97 Å². The lowest BCUT2D eigenvalue weighted by Crippen LogP contribution is -2.49. The molecule has 0 aliphatic carbocycles. The first-order valence-corrected chi connectivity index (χ1v) is 6.49. The minimum Gasteiger partial charge on any atom is -0.480 e. The number of hydrogen-bond acceptors (Lipinski definition) is 5. The van der Waals surface area contributed by atoms with Crippen LogP contribution >= 0.6 is 0 Å². The van der Waals surface area contributed by atoms with Gasteiger partial charge >= 0.3 is 5.97 Å². The van der Waals surface area contributed by atoms with E-state index in [1.807, 2.05) is 9.58 Å². The van der Waals surface area contributed by atoms with E-state index in [9.17, 15) is 9.90 Å². The second kappa shape index (κ2) is 6.12. The minimum absolute atomic E-state index is 0.230. The summed E-state index contributed by atoms with van der Waals surface area (Å²) in [7, 11) is 0. The van der Waals surface area contributed by atoms with Gasteiger partial charge in [-0.05, 0) is 5.92 Å². The Labute approximate surface area is 112 Å². The van der Waals surface area contributed by atoms with Crippen molar-refractivity contribution in [3.63, 3.8) is 0 Å². The summed E-state index contributed by atoms with van der Waals surface area (Å²) in [5.41, 5.74) is 0. The number of morpholine rings is 1. The van der Waals surface area contributed by atoms with Crippen molar-refractivity contribution in [2.24, 2.45) is 5.92 Å². The highest BCUT2D eigenvalue weighted by Crippen LogP contribution is 2.12. The van der Waals surface area contributed by atoms with Gasteiger partial charge in [0.05, 0.1) is 19.8 Å². The van der Waals surface area contributed by atoms with Crippen molar-refractivity contribution in [2.45, 2.75) is 33.0 Å². The molecule has 0 aromatic carbocycles. The number of aliphatic carboxylic acids is 1. The molecule has 7 heteroatoms. The van der Waals surface area contributed by atoms with Gasteiger partial charge in [0, 0.05) is 13.1 Å². The lowest BCUT2D eigenvalue weighted by atomic mass is 10.2. The predicted molar refractivity (Wildman–Crippen MR) is 67.5 cm³/mol. The van der Waals surface area contributed by atoms with Crippen LogP contribution in [0, 0.1) is 5.92 Å². The molecule has 0 amide bonds. The predicted octanol–water partition coefficient (Wildman–Crippen LogP) is 0.220. The minimum atomic E-state index is -0.852. The third-order valence-corrected chi connectivity index (χ3v) is 3.10. The number of carbonyl (C=O) groups is 1. The summed E-state index contributed by atoms with van der Waals surface area (Å²) in [4.78, 5) is 17.3. The third kappa shape index (κ3) is 3.51. The maximum absolute atomic E-state index is 11.2. The van der Waals surface area contributed by atoms with Crippen LogP contribution in [0.1, 0.15) is 19.7 Å². The topological polar surface area (TPSA) is 80.5 Å². The number of nitrogens with zero attached hydrogens (tertiary/aromatic N) is 4. The lowest BCUT2D eigenvalue weighted by Gasteiger charge is -2.32. The second-order valence-corrected chi connectivity index (χ2v) is 5.15. The molecule has 1 saturated heterocycles. The Hall–Kier alpha value is -1.47. The van der Waals surface area contributed by atoms with Crippen LogP contribution in [0.15, 0.2) is 6.33 Å². The molecule has 1 unspecified atom stereocenters. The van der Waals surface area contributed by atoms with E-state index < -0.39 is 12.0 Å². The molecule has 1 atom stereocenters. The van der Waals surface area contributed by atoms with Crippen LogP contribution in [0.25, 0.3) is 0 Å². The molecule has 1 aliphatic heterocycles. The molecule has 1 aromatic rings. The molecular weight excluding hydrogens is 248 g/mol. The van der Waals surface area contributed by atoms with Gasteiger partial charge in [-0.25, -0.2) is 9.67 Å².